The molecule has 0 radical (unpaired) electrons. The standard InChI is InChI=1S/C19H30N2O3/c1-4-13(2)17(20)19(22)21-12-14-8-7-11-16(23-3)18(14)24-15-9-5-6-10-15/h7-8,11,13,15,17H,4-6,9-10,12,20H2,1-3H3,(H,21,22). The number of rotatable bonds is 8. The van der Waals surface area contributed by atoms with E-state index < -0.39 is 6.04 Å². The molecule has 1 fully saturated rings. The Morgan fingerprint density at radius 2 is 2.08 bits per heavy atom. The molecule has 0 aliphatic heterocycles. The van der Waals surface area contributed by atoms with Gasteiger partial charge in [0.2, 0.25) is 5.91 Å². The van der Waals surface area contributed by atoms with Gasteiger partial charge in [0.25, 0.3) is 0 Å². The number of carbonyl (C=O) groups excluding carboxylic acids is 1. The Hall–Kier alpha value is -1.75. The van der Waals surface area contributed by atoms with E-state index in [-0.39, 0.29) is 17.9 Å². The van der Waals surface area contributed by atoms with Gasteiger partial charge in [-0.25, -0.2) is 0 Å². The second-order valence-corrected chi connectivity index (χ2v) is 6.60. The van der Waals surface area contributed by atoms with Crippen LogP contribution in [0, 0.1) is 5.92 Å². The predicted molar refractivity (Wildman–Crippen MR) is 95.2 cm³/mol. The van der Waals surface area contributed by atoms with Crippen LogP contribution < -0.4 is 20.5 Å². The quantitative estimate of drug-likeness (QED) is 0.766. The van der Waals surface area contributed by atoms with E-state index in [0.29, 0.717) is 12.3 Å². The maximum Gasteiger partial charge on any atom is 0.237 e. The summed E-state index contributed by atoms with van der Waals surface area (Å²) < 4.78 is 11.6. The Morgan fingerprint density at radius 3 is 2.71 bits per heavy atom. The van der Waals surface area contributed by atoms with Crippen molar-refractivity contribution >= 4 is 5.91 Å². The summed E-state index contributed by atoms with van der Waals surface area (Å²) in [6, 6.07) is 5.28. The number of hydrogen-bond acceptors (Lipinski definition) is 4. The molecule has 3 N–H and O–H groups in total. The summed E-state index contributed by atoms with van der Waals surface area (Å²) in [5.74, 6) is 1.48. The van der Waals surface area contributed by atoms with Gasteiger partial charge in [-0.15, -0.1) is 0 Å². The fourth-order valence-electron chi connectivity index (χ4n) is 2.98. The third-order valence-corrected chi connectivity index (χ3v) is 4.88. The molecule has 5 heteroatoms. The van der Waals surface area contributed by atoms with Crippen LogP contribution in [0.5, 0.6) is 11.5 Å². The largest absolute Gasteiger partial charge is 0.493 e. The number of nitrogens with two attached hydrogens (primary N) is 1. The van der Waals surface area contributed by atoms with Crippen molar-refractivity contribution in [3.05, 3.63) is 23.8 Å². The summed E-state index contributed by atoms with van der Waals surface area (Å²) in [6.45, 7) is 4.42. The average Bonchev–Trinajstić information content (AvgIpc) is 3.12. The average molecular weight is 334 g/mol. The number of benzene rings is 1. The fourth-order valence-corrected chi connectivity index (χ4v) is 2.98. The predicted octanol–water partition coefficient (Wildman–Crippen LogP) is 3.01. The van der Waals surface area contributed by atoms with Crippen molar-refractivity contribution in [2.24, 2.45) is 11.7 Å². The summed E-state index contributed by atoms with van der Waals surface area (Å²) in [4.78, 5) is 12.2. The maximum absolute atomic E-state index is 12.2. The lowest BCUT2D eigenvalue weighted by atomic mass is 9.99. The van der Waals surface area contributed by atoms with Gasteiger partial charge < -0.3 is 20.5 Å². The minimum Gasteiger partial charge on any atom is -0.493 e. The summed E-state index contributed by atoms with van der Waals surface area (Å²) in [5, 5.41) is 2.93. The third-order valence-electron chi connectivity index (χ3n) is 4.88. The molecular weight excluding hydrogens is 304 g/mol. The van der Waals surface area contributed by atoms with Crippen LogP contribution in [0.3, 0.4) is 0 Å². The molecule has 0 spiro atoms. The second-order valence-electron chi connectivity index (χ2n) is 6.60. The molecule has 1 aliphatic rings. The highest BCUT2D eigenvalue weighted by molar-refractivity contribution is 5.81. The third kappa shape index (κ3) is 4.63. The molecule has 1 aromatic rings. The van der Waals surface area contributed by atoms with E-state index in [4.69, 9.17) is 15.2 Å². The highest BCUT2D eigenvalue weighted by atomic mass is 16.5. The Kier molecular flexibility index (Phi) is 6.91. The zero-order valence-electron chi connectivity index (χ0n) is 15.0. The molecule has 134 valence electrons. The zero-order valence-corrected chi connectivity index (χ0v) is 15.0. The molecule has 2 rings (SSSR count). The van der Waals surface area contributed by atoms with Crippen LogP contribution in [-0.4, -0.2) is 25.2 Å². The van der Waals surface area contributed by atoms with Crippen LogP contribution in [0.25, 0.3) is 0 Å². The smallest absolute Gasteiger partial charge is 0.237 e. The Labute approximate surface area is 144 Å². The highest BCUT2D eigenvalue weighted by Crippen LogP contribution is 2.34. The minimum atomic E-state index is -0.486. The van der Waals surface area contributed by atoms with Crippen molar-refractivity contribution in [1.82, 2.24) is 5.32 Å². The molecule has 24 heavy (non-hydrogen) atoms. The number of carbonyl (C=O) groups is 1. The van der Waals surface area contributed by atoms with Crippen molar-refractivity contribution in [2.45, 2.75) is 64.6 Å². The highest BCUT2D eigenvalue weighted by Gasteiger charge is 2.22. The molecule has 0 saturated heterocycles. The van der Waals surface area contributed by atoms with Crippen molar-refractivity contribution in [1.29, 1.82) is 0 Å². The Balaban J connectivity index is 2.07. The first-order valence-electron chi connectivity index (χ1n) is 8.92. The van der Waals surface area contributed by atoms with E-state index in [2.05, 4.69) is 5.32 Å². The molecule has 1 amide bonds. The molecule has 0 heterocycles. The van der Waals surface area contributed by atoms with Gasteiger partial charge in [-0.05, 0) is 37.7 Å². The van der Waals surface area contributed by atoms with Crippen LogP contribution in [0.15, 0.2) is 18.2 Å². The van der Waals surface area contributed by atoms with Crippen molar-refractivity contribution < 1.29 is 14.3 Å². The van der Waals surface area contributed by atoms with E-state index in [0.717, 1.165) is 30.6 Å². The summed E-state index contributed by atoms with van der Waals surface area (Å²) in [7, 11) is 1.64. The number of ether oxygens (including phenoxy) is 2. The van der Waals surface area contributed by atoms with Gasteiger partial charge in [0.15, 0.2) is 11.5 Å². The minimum absolute atomic E-state index is 0.126. The number of methoxy groups -OCH3 is 1. The van der Waals surface area contributed by atoms with Crippen molar-refractivity contribution in [3.8, 4) is 11.5 Å². The molecule has 2 unspecified atom stereocenters. The topological polar surface area (TPSA) is 73.6 Å². The zero-order chi connectivity index (χ0) is 17.5. The summed E-state index contributed by atoms with van der Waals surface area (Å²) in [6.07, 6.45) is 5.67. The van der Waals surface area contributed by atoms with Crippen LogP contribution in [0.1, 0.15) is 51.5 Å². The van der Waals surface area contributed by atoms with E-state index in [9.17, 15) is 4.79 Å². The monoisotopic (exact) mass is 334 g/mol. The van der Waals surface area contributed by atoms with Gasteiger partial charge >= 0.3 is 0 Å². The van der Waals surface area contributed by atoms with Crippen molar-refractivity contribution in [2.75, 3.05) is 7.11 Å². The molecule has 5 nitrogen and oxygen atoms in total. The molecule has 0 aromatic heterocycles. The lowest BCUT2D eigenvalue weighted by molar-refractivity contribution is -0.123. The Morgan fingerprint density at radius 1 is 1.38 bits per heavy atom. The SMILES string of the molecule is CCC(C)C(N)C(=O)NCc1cccc(OC)c1OC1CCCC1. The van der Waals surface area contributed by atoms with Gasteiger partial charge in [-0.2, -0.15) is 0 Å². The van der Waals surface area contributed by atoms with E-state index in [1.54, 1.807) is 7.11 Å². The van der Waals surface area contributed by atoms with Gasteiger partial charge in [-0.1, -0.05) is 32.4 Å². The van der Waals surface area contributed by atoms with Crippen LogP contribution >= 0.6 is 0 Å². The Bertz CT molecular complexity index is 541. The molecule has 0 bridgehead atoms. The second kappa shape index (κ2) is 8.92. The van der Waals surface area contributed by atoms with Crippen molar-refractivity contribution in [3.63, 3.8) is 0 Å². The van der Waals surface area contributed by atoms with Gasteiger partial charge in [0.05, 0.1) is 19.3 Å². The lowest BCUT2D eigenvalue weighted by Gasteiger charge is -2.21. The van der Waals surface area contributed by atoms with E-state index in [1.165, 1.54) is 12.8 Å². The molecule has 1 saturated carbocycles. The van der Waals surface area contributed by atoms with Gasteiger partial charge in [0.1, 0.15) is 0 Å². The van der Waals surface area contributed by atoms with Crippen LogP contribution in [-0.2, 0) is 11.3 Å². The molecule has 2 atom stereocenters. The first-order chi connectivity index (χ1) is 11.6. The number of para-hydroxylation sites is 1. The number of hydrogen-bond donors (Lipinski definition) is 2. The van der Waals surface area contributed by atoms with E-state index >= 15 is 0 Å². The molecular formula is C19H30N2O3. The summed E-state index contributed by atoms with van der Waals surface area (Å²) in [5.41, 5.74) is 6.92. The summed E-state index contributed by atoms with van der Waals surface area (Å²) >= 11 is 0. The fraction of sp³-hybridized carbons (Fsp3) is 0.632. The number of amides is 1. The first kappa shape index (κ1) is 18.6. The number of nitrogens with one attached hydrogen (secondary N) is 1. The molecule has 1 aliphatic carbocycles. The van der Waals surface area contributed by atoms with Gasteiger partial charge in [-0.3, -0.25) is 4.79 Å². The first-order valence-corrected chi connectivity index (χ1v) is 8.92. The van der Waals surface area contributed by atoms with Crippen LogP contribution in [0.4, 0.5) is 0 Å². The molecule has 1 aromatic carbocycles. The maximum atomic E-state index is 12.2. The normalized spacial score (nSPS) is 17.3. The van der Waals surface area contributed by atoms with E-state index in [1.807, 2.05) is 32.0 Å². The van der Waals surface area contributed by atoms with Gasteiger partial charge in [0, 0.05) is 12.1 Å². The van der Waals surface area contributed by atoms with Crippen LogP contribution in [0.2, 0.25) is 0 Å². The lowest BCUT2D eigenvalue weighted by Crippen LogP contribution is -2.44.